The average Bonchev–Trinajstić information content (AvgIpc) is 2.88. The molecule has 3 heterocycles. The molecule has 0 saturated carbocycles. The van der Waals surface area contributed by atoms with Crippen LogP contribution in [0.4, 0.5) is 18.9 Å². The van der Waals surface area contributed by atoms with Crippen LogP contribution in [-0.2, 0) is 11.8 Å². The molecular formula is C27H30F3N5O3. The molecule has 0 aliphatic carbocycles. The summed E-state index contributed by atoms with van der Waals surface area (Å²) >= 11 is 0. The summed E-state index contributed by atoms with van der Waals surface area (Å²) in [6, 6.07) is 12.7. The van der Waals surface area contributed by atoms with Gasteiger partial charge in [0.1, 0.15) is 23.0 Å². The number of benzene rings is 1. The number of nitrogens with zero attached hydrogens (tertiary/aromatic N) is 5. The van der Waals surface area contributed by atoms with Crippen LogP contribution in [0.5, 0.6) is 5.75 Å². The van der Waals surface area contributed by atoms with Gasteiger partial charge in [-0.3, -0.25) is 9.69 Å². The molecular weight excluding hydrogens is 499 g/mol. The maximum absolute atomic E-state index is 12.8. The largest absolute Gasteiger partial charge is 0.573 e. The van der Waals surface area contributed by atoms with E-state index >= 15 is 0 Å². The number of alkyl halides is 3. The molecule has 8 nitrogen and oxygen atoms in total. The Morgan fingerprint density at radius 3 is 2.53 bits per heavy atom. The van der Waals surface area contributed by atoms with E-state index in [4.69, 9.17) is 4.74 Å². The summed E-state index contributed by atoms with van der Waals surface area (Å²) in [5, 5.41) is 9.41. The van der Waals surface area contributed by atoms with Gasteiger partial charge in [-0.15, -0.1) is 13.2 Å². The van der Waals surface area contributed by atoms with Crippen molar-refractivity contribution in [2.75, 3.05) is 31.2 Å². The first kappa shape index (κ1) is 27.4. The van der Waals surface area contributed by atoms with Crippen molar-refractivity contribution in [1.82, 2.24) is 14.5 Å². The standard InChI is InChI=1S/C27H30F3N5O3/c1-5-37-16-21-15-34(24-12-25(36)33(4)23-11-8-20(13-31)32-26(23)24)17(2)14-35(21)18(3)19-6-9-22(10-7-19)38-27(28,29)30/h6-12,17-18,21H,5,14-16H2,1-4H3/t17-,18?,21-/m0/s1. The van der Waals surface area contributed by atoms with Crippen LogP contribution in [0.15, 0.2) is 47.3 Å². The molecule has 1 fully saturated rings. The van der Waals surface area contributed by atoms with E-state index in [1.807, 2.05) is 20.8 Å². The van der Waals surface area contributed by atoms with E-state index in [2.05, 4.69) is 25.6 Å². The molecule has 11 heteroatoms. The molecule has 1 saturated heterocycles. The van der Waals surface area contributed by atoms with Crippen molar-refractivity contribution >= 4 is 16.7 Å². The fourth-order valence-corrected chi connectivity index (χ4v) is 5.01. The summed E-state index contributed by atoms with van der Waals surface area (Å²) < 4.78 is 49.1. The van der Waals surface area contributed by atoms with E-state index < -0.39 is 6.36 Å². The molecule has 38 heavy (non-hydrogen) atoms. The fraction of sp³-hybridized carbons (Fsp3) is 0.444. The first-order valence-electron chi connectivity index (χ1n) is 12.4. The topological polar surface area (TPSA) is 83.6 Å². The van der Waals surface area contributed by atoms with Crippen molar-refractivity contribution in [3.05, 3.63) is 64.1 Å². The number of hydrogen-bond acceptors (Lipinski definition) is 7. The molecule has 0 spiro atoms. The van der Waals surface area contributed by atoms with E-state index in [0.29, 0.717) is 43.0 Å². The third kappa shape index (κ3) is 5.76. The zero-order chi connectivity index (χ0) is 27.6. The Morgan fingerprint density at radius 2 is 1.89 bits per heavy atom. The molecule has 3 atom stereocenters. The maximum atomic E-state index is 12.8. The lowest BCUT2D eigenvalue weighted by Gasteiger charge is -2.48. The Bertz CT molecular complexity index is 1380. The second-order valence-corrected chi connectivity index (χ2v) is 9.41. The molecule has 3 aromatic rings. The van der Waals surface area contributed by atoms with E-state index in [0.717, 1.165) is 5.56 Å². The van der Waals surface area contributed by atoms with Gasteiger partial charge >= 0.3 is 6.36 Å². The van der Waals surface area contributed by atoms with E-state index in [-0.39, 0.29) is 35.1 Å². The average molecular weight is 530 g/mol. The molecule has 0 N–H and O–H groups in total. The fourth-order valence-electron chi connectivity index (χ4n) is 5.01. The molecule has 0 amide bonds. The number of rotatable bonds is 7. The third-order valence-electron chi connectivity index (χ3n) is 6.98. The zero-order valence-electron chi connectivity index (χ0n) is 21.7. The second kappa shape index (κ2) is 11.0. The Kier molecular flexibility index (Phi) is 7.94. The summed E-state index contributed by atoms with van der Waals surface area (Å²) in [4.78, 5) is 21.7. The van der Waals surface area contributed by atoms with Gasteiger partial charge in [-0.25, -0.2) is 4.98 Å². The summed E-state index contributed by atoms with van der Waals surface area (Å²) in [5.74, 6) is -0.265. The minimum Gasteiger partial charge on any atom is -0.406 e. The SMILES string of the molecule is CCOC[C@@H]1CN(c2cc(=O)n(C)c3ccc(C#N)nc23)[C@@H](C)CN1C(C)c1ccc(OC(F)(F)F)cc1. The van der Waals surface area contributed by atoms with Crippen LogP contribution in [0.25, 0.3) is 11.0 Å². The Labute approximate surface area is 218 Å². The lowest BCUT2D eigenvalue weighted by Crippen LogP contribution is -2.59. The van der Waals surface area contributed by atoms with E-state index in [1.54, 1.807) is 37.4 Å². The van der Waals surface area contributed by atoms with Crippen molar-refractivity contribution < 1.29 is 22.6 Å². The van der Waals surface area contributed by atoms with E-state index in [1.165, 1.54) is 16.7 Å². The van der Waals surface area contributed by atoms with Crippen molar-refractivity contribution in [2.24, 2.45) is 7.05 Å². The number of pyridine rings is 2. The normalized spacial score (nSPS) is 19.4. The maximum Gasteiger partial charge on any atom is 0.573 e. The number of hydrogen-bond donors (Lipinski definition) is 0. The molecule has 1 unspecified atom stereocenters. The highest BCUT2D eigenvalue weighted by atomic mass is 19.4. The van der Waals surface area contributed by atoms with Gasteiger partial charge in [0, 0.05) is 44.9 Å². The number of aromatic nitrogens is 2. The van der Waals surface area contributed by atoms with Crippen LogP contribution in [0.2, 0.25) is 0 Å². The van der Waals surface area contributed by atoms with Crippen molar-refractivity contribution in [2.45, 2.75) is 45.3 Å². The summed E-state index contributed by atoms with van der Waals surface area (Å²) in [7, 11) is 1.67. The molecule has 1 aliphatic rings. The molecule has 1 aliphatic heterocycles. The predicted octanol–water partition coefficient (Wildman–Crippen LogP) is 4.38. The van der Waals surface area contributed by atoms with Crippen molar-refractivity contribution in [3.8, 4) is 11.8 Å². The van der Waals surface area contributed by atoms with Gasteiger partial charge in [0.05, 0.1) is 23.9 Å². The Hall–Kier alpha value is -3.62. The van der Waals surface area contributed by atoms with Gasteiger partial charge in [0.25, 0.3) is 5.56 Å². The van der Waals surface area contributed by atoms with Gasteiger partial charge in [-0.05, 0) is 50.6 Å². The molecule has 0 bridgehead atoms. The summed E-state index contributed by atoms with van der Waals surface area (Å²) in [5.41, 5.74) is 2.81. The molecule has 4 rings (SSSR count). The highest BCUT2D eigenvalue weighted by molar-refractivity contribution is 5.89. The monoisotopic (exact) mass is 529 g/mol. The summed E-state index contributed by atoms with van der Waals surface area (Å²) in [6.07, 6.45) is -4.74. The number of nitriles is 1. The van der Waals surface area contributed by atoms with Crippen molar-refractivity contribution in [3.63, 3.8) is 0 Å². The predicted molar refractivity (Wildman–Crippen MR) is 137 cm³/mol. The number of anilines is 1. The van der Waals surface area contributed by atoms with Crippen LogP contribution in [0.1, 0.15) is 38.1 Å². The van der Waals surface area contributed by atoms with Gasteiger partial charge in [0.2, 0.25) is 0 Å². The summed E-state index contributed by atoms with van der Waals surface area (Å²) in [6.45, 7) is 8.07. The molecule has 0 radical (unpaired) electrons. The van der Waals surface area contributed by atoms with Crippen LogP contribution >= 0.6 is 0 Å². The van der Waals surface area contributed by atoms with Crippen LogP contribution < -0.4 is 15.2 Å². The lowest BCUT2D eigenvalue weighted by molar-refractivity contribution is -0.274. The Morgan fingerprint density at radius 1 is 1.18 bits per heavy atom. The first-order chi connectivity index (χ1) is 18.0. The molecule has 202 valence electrons. The number of fused-ring (bicyclic) bond motifs is 1. The van der Waals surface area contributed by atoms with E-state index in [9.17, 15) is 23.2 Å². The smallest absolute Gasteiger partial charge is 0.406 e. The number of halogens is 3. The van der Waals surface area contributed by atoms with Crippen molar-refractivity contribution in [1.29, 1.82) is 5.26 Å². The number of piperazine rings is 1. The molecule has 1 aromatic carbocycles. The molecule has 2 aromatic heterocycles. The highest BCUT2D eigenvalue weighted by Gasteiger charge is 2.36. The van der Waals surface area contributed by atoms with Crippen LogP contribution in [0.3, 0.4) is 0 Å². The minimum absolute atomic E-state index is 0.0361. The van der Waals surface area contributed by atoms with Gasteiger partial charge < -0.3 is 18.9 Å². The number of ether oxygens (including phenoxy) is 2. The quantitative estimate of drug-likeness (QED) is 0.449. The van der Waals surface area contributed by atoms with Gasteiger partial charge in [-0.1, -0.05) is 12.1 Å². The minimum atomic E-state index is -4.74. The highest BCUT2D eigenvalue weighted by Crippen LogP contribution is 2.33. The zero-order valence-corrected chi connectivity index (χ0v) is 21.7. The first-order valence-corrected chi connectivity index (χ1v) is 12.4. The Balaban J connectivity index is 1.66. The number of aryl methyl sites for hydroxylation is 1. The lowest BCUT2D eigenvalue weighted by atomic mass is 9.99. The van der Waals surface area contributed by atoms with Gasteiger partial charge in [-0.2, -0.15) is 5.26 Å². The third-order valence-corrected chi connectivity index (χ3v) is 6.98. The van der Waals surface area contributed by atoms with Crippen LogP contribution in [0, 0.1) is 11.3 Å². The second-order valence-electron chi connectivity index (χ2n) is 9.41. The van der Waals surface area contributed by atoms with Crippen LogP contribution in [-0.4, -0.2) is 59.2 Å². The van der Waals surface area contributed by atoms with Gasteiger partial charge in [0.15, 0.2) is 0 Å².